The second-order valence-corrected chi connectivity index (χ2v) is 7.87. The van der Waals surface area contributed by atoms with E-state index < -0.39 is 0 Å². The quantitative estimate of drug-likeness (QED) is 0.746. The number of carbonyl (C=O) groups is 2. The largest absolute Gasteiger partial charge is 0.494 e. The number of hydrogen-bond acceptors (Lipinski definition) is 4. The molecule has 0 spiro atoms. The van der Waals surface area contributed by atoms with Crippen LogP contribution in [0.4, 0.5) is 5.69 Å². The molecule has 2 amide bonds. The van der Waals surface area contributed by atoms with Gasteiger partial charge in [0.05, 0.1) is 6.61 Å². The molecule has 30 heavy (non-hydrogen) atoms. The number of likely N-dealkylation sites (tertiary alicyclic amines) is 1. The highest BCUT2D eigenvalue weighted by Gasteiger charge is 2.33. The van der Waals surface area contributed by atoms with Gasteiger partial charge in [0.2, 0.25) is 5.91 Å². The number of amides is 2. The van der Waals surface area contributed by atoms with Crippen molar-refractivity contribution in [1.82, 2.24) is 4.90 Å². The summed E-state index contributed by atoms with van der Waals surface area (Å²) in [4.78, 5) is 29.4. The summed E-state index contributed by atoms with van der Waals surface area (Å²) in [6.07, 6.45) is 3.52. The van der Waals surface area contributed by atoms with E-state index in [1.54, 1.807) is 24.3 Å². The Morgan fingerprint density at radius 3 is 2.50 bits per heavy atom. The summed E-state index contributed by atoms with van der Waals surface area (Å²) in [6.45, 7) is 1.84. The second kappa shape index (κ2) is 9.30. The van der Waals surface area contributed by atoms with E-state index in [1.165, 1.54) is 5.56 Å². The van der Waals surface area contributed by atoms with Crippen LogP contribution in [0.15, 0.2) is 48.5 Å². The molecule has 0 unspecified atom stereocenters. The van der Waals surface area contributed by atoms with Gasteiger partial charge in [-0.15, -0.1) is 0 Å². The fraction of sp³-hybridized carbons (Fsp3) is 0.417. The molecule has 0 atom stereocenters. The predicted molar refractivity (Wildman–Crippen MR) is 115 cm³/mol. The summed E-state index contributed by atoms with van der Waals surface area (Å²) in [5.74, 6) is 0.900. The van der Waals surface area contributed by atoms with Crippen molar-refractivity contribution < 1.29 is 19.4 Å². The van der Waals surface area contributed by atoms with Crippen molar-refractivity contribution in [1.29, 1.82) is 0 Å². The minimum Gasteiger partial charge on any atom is -0.494 e. The number of fused-ring (bicyclic) bond motifs is 1. The lowest BCUT2D eigenvalue weighted by Gasteiger charge is -2.41. The van der Waals surface area contributed by atoms with Crippen LogP contribution in [0.1, 0.15) is 41.6 Å². The summed E-state index contributed by atoms with van der Waals surface area (Å²) >= 11 is 0. The number of rotatable bonds is 6. The highest BCUT2D eigenvalue weighted by atomic mass is 16.5. The zero-order valence-electron chi connectivity index (χ0n) is 17.1. The monoisotopic (exact) mass is 408 g/mol. The van der Waals surface area contributed by atoms with Crippen molar-refractivity contribution in [2.24, 2.45) is 0 Å². The molecule has 2 aromatic rings. The Morgan fingerprint density at radius 1 is 1.03 bits per heavy atom. The molecule has 2 heterocycles. The lowest BCUT2D eigenvalue weighted by molar-refractivity contribution is -0.119. The number of aliphatic hydroxyl groups is 1. The van der Waals surface area contributed by atoms with Crippen LogP contribution in [0.25, 0.3) is 0 Å². The van der Waals surface area contributed by atoms with E-state index in [2.05, 4.69) is 6.07 Å². The molecule has 2 aromatic carbocycles. The Hall–Kier alpha value is -2.86. The van der Waals surface area contributed by atoms with Gasteiger partial charge in [0.25, 0.3) is 5.91 Å². The van der Waals surface area contributed by atoms with E-state index in [4.69, 9.17) is 9.84 Å². The van der Waals surface area contributed by atoms with Gasteiger partial charge in [0.15, 0.2) is 0 Å². The molecule has 0 aromatic heterocycles. The van der Waals surface area contributed by atoms with Crippen LogP contribution in [0.3, 0.4) is 0 Å². The molecule has 1 fully saturated rings. The van der Waals surface area contributed by atoms with E-state index in [0.29, 0.717) is 43.9 Å². The van der Waals surface area contributed by atoms with Gasteiger partial charge in [0.1, 0.15) is 5.75 Å². The number of anilines is 1. The maximum atomic E-state index is 12.9. The van der Waals surface area contributed by atoms with Crippen LogP contribution in [-0.2, 0) is 11.2 Å². The maximum Gasteiger partial charge on any atom is 0.253 e. The molecule has 1 saturated heterocycles. The van der Waals surface area contributed by atoms with Gasteiger partial charge < -0.3 is 19.6 Å². The molecular formula is C24H28N2O4. The molecule has 2 aliphatic rings. The minimum atomic E-state index is 0.0146. The molecular weight excluding hydrogens is 380 g/mol. The number of para-hydroxylation sites is 1. The number of carbonyl (C=O) groups excluding carboxylic acids is 2. The van der Waals surface area contributed by atoms with Crippen molar-refractivity contribution in [2.45, 2.75) is 38.1 Å². The molecule has 0 bridgehead atoms. The summed E-state index contributed by atoms with van der Waals surface area (Å²) < 4.78 is 5.52. The topological polar surface area (TPSA) is 70.1 Å². The van der Waals surface area contributed by atoms with E-state index in [1.807, 2.05) is 28.0 Å². The summed E-state index contributed by atoms with van der Waals surface area (Å²) in [5, 5.41) is 8.82. The number of aliphatic hydroxyl groups excluding tert-OH is 1. The molecule has 2 aliphatic heterocycles. The fourth-order valence-electron chi connectivity index (χ4n) is 4.31. The van der Waals surface area contributed by atoms with Crippen LogP contribution in [-0.4, -0.2) is 54.2 Å². The Morgan fingerprint density at radius 2 is 1.77 bits per heavy atom. The molecule has 0 radical (unpaired) electrons. The highest BCUT2D eigenvalue weighted by molar-refractivity contribution is 5.97. The number of piperidine rings is 1. The first-order valence-electron chi connectivity index (χ1n) is 10.7. The molecule has 0 aliphatic carbocycles. The van der Waals surface area contributed by atoms with E-state index >= 15 is 0 Å². The lowest BCUT2D eigenvalue weighted by atomic mass is 9.95. The van der Waals surface area contributed by atoms with Crippen molar-refractivity contribution in [3.05, 3.63) is 59.7 Å². The molecule has 1 N–H and O–H groups in total. The van der Waals surface area contributed by atoms with Crippen molar-refractivity contribution in [2.75, 3.05) is 31.2 Å². The van der Waals surface area contributed by atoms with Crippen LogP contribution in [0.5, 0.6) is 5.75 Å². The molecule has 6 nitrogen and oxygen atoms in total. The van der Waals surface area contributed by atoms with Crippen LogP contribution in [0, 0.1) is 0 Å². The predicted octanol–water partition coefficient (Wildman–Crippen LogP) is 3.03. The highest BCUT2D eigenvalue weighted by Crippen LogP contribution is 2.32. The Labute approximate surface area is 177 Å². The smallest absolute Gasteiger partial charge is 0.253 e. The summed E-state index contributed by atoms with van der Waals surface area (Å²) in [7, 11) is 0. The Kier molecular flexibility index (Phi) is 6.33. The van der Waals surface area contributed by atoms with Gasteiger partial charge in [-0.3, -0.25) is 9.59 Å². The second-order valence-electron chi connectivity index (χ2n) is 7.87. The van der Waals surface area contributed by atoms with Gasteiger partial charge >= 0.3 is 0 Å². The van der Waals surface area contributed by atoms with Crippen LogP contribution in [0.2, 0.25) is 0 Å². The van der Waals surface area contributed by atoms with Crippen molar-refractivity contribution in [3.8, 4) is 5.75 Å². The number of hydrogen-bond donors (Lipinski definition) is 1. The number of benzene rings is 2. The zero-order valence-corrected chi connectivity index (χ0v) is 17.1. The fourth-order valence-corrected chi connectivity index (χ4v) is 4.31. The third-order valence-electron chi connectivity index (χ3n) is 5.92. The third-order valence-corrected chi connectivity index (χ3v) is 5.92. The lowest BCUT2D eigenvalue weighted by Crippen LogP contribution is -2.50. The Balaban J connectivity index is 1.36. The van der Waals surface area contributed by atoms with Gasteiger partial charge in [0, 0.05) is 49.8 Å². The first kappa shape index (κ1) is 20.4. The zero-order chi connectivity index (χ0) is 20.9. The molecule has 158 valence electrons. The normalized spacial score (nSPS) is 17.0. The summed E-state index contributed by atoms with van der Waals surface area (Å²) in [6, 6.07) is 15.4. The average Bonchev–Trinajstić information content (AvgIpc) is 2.79. The number of aryl methyl sites for hydroxylation is 1. The SMILES string of the molecule is O=C(c1ccc(OCCCO)cc1)N1CCC(N2C(=O)CCc3ccccc32)CC1. The minimum absolute atomic E-state index is 0.0146. The standard InChI is InChI=1S/C24H28N2O4/c27-16-3-17-30-21-9-6-19(7-10-21)24(29)25-14-12-20(13-15-25)26-22-5-2-1-4-18(22)8-11-23(26)28/h1-2,4-7,9-10,20,27H,3,8,11-17H2. The molecule has 0 saturated carbocycles. The molecule has 6 heteroatoms. The van der Waals surface area contributed by atoms with Crippen molar-refractivity contribution >= 4 is 17.5 Å². The first-order chi connectivity index (χ1) is 14.7. The summed E-state index contributed by atoms with van der Waals surface area (Å²) in [5.41, 5.74) is 2.91. The van der Waals surface area contributed by atoms with E-state index in [9.17, 15) is 9.59 Å². The molecule has 4 rings (SSSR count). The average molecular weight is 408 g/mol. The Bertz CT molecular complexity index is 888. The van der Waals surface area contributed by atoms with Crippen LogP contribution >= 0.6 is 0 Å². The van der Waals surface area contributed by atoms with Gasteiger partial charge in [-0.2, -0.15) is 0 Å². The maximum absolute atomic E-state index is 12.9. The number of nitrogens with zero attached hydrogens (tertiary/aromatic N) is 2. The number of ether oxygens (including phenoxy) is 1. The third kappa shape index (κ3) is 4.33. The van der Waals surface area contributed by atoms with Crippen molar-refractivity contribution in [3.63, 3.8) is 0 Å². The van der Waals surface area contributed by atoms with E-state index in [-0.39, 0.29) is 24.5 Å². The van der Waals surface area contributed by atoms with Crippen LogP contribution < -0.4 is 9.64 Å². The van der Waals surface area contributed by atoms with E-state index in [0.717, 1.165) is 24.9 Å². The first-order valence-corrected chi connectivity index (χ1v) is 10.7. The van der Waals surface area contributed by atoms with Gasteiger partial charge in [-0.25, -0.2) is 0 Å². The van der Waals surface area contributed by atoms with Gasteiger partial charge in [-0.05, 0) is 55.2 Å². The van der Waals surface area contributed by atoms with Gasteiger partial charge in [-0.1, -0.05) is 18.2 Å².